The lowest BCUT2D eigenvalue weighted by molar-refractivity contribution is 0.0794. The smallest absolute Gasteiger partial charge is 0.191 e. The van der Waals surface area contributed by atoms with E-state index in [1.54, 1.807) is 6.07 Å². The van der Waals surface area contributed by atoms with Crippen LogP contribution in [0, 0.1) is 12.7 Å². The van der Waals surface area contributed by atoms with Gasteiger partial charge in [0.15, 0.2) is 5.96 Å². The Kier molecular flexibility index (Phi) is 10.5. The molecule has 170 valence electrons. The number of aryl methyl sites for hydroxylation is 1. The molecule has 2 N–H and O–H groups in total. The van der Waals surface area contributed by atoms with Crippen LogP contribution < -0.4 is 15.5 Å². The summed E-state index contributed by atoms with van der Waals surface area (Å²) in [4.78, 5) is 7.09. The number of hydrogen-bond donors (Lipinski definition) is 2. The Hall–Kier alpha value is -0.740. The summed E-state index contributed by atoms with van der Waals surface area (Å²) in [6.07, 6.45) is 6.37. The van der Waals surface area contributed by atoms with Crippen LogP contribution in [0.4, 0.5) is 10.1 Å². The van der Waals surface area contributed by atoms with Crippen LogP contribution in [0.25, 0.3) is 0 Å². The van der Waals surface area contributed by atoms with Crippen molar-refractivity contribution in [3.8, 4) is 0 Å². The quantitative estimate of drug-likeness (QED) is 0.316. The fraction of sp³-hybridized carbons (Fsp3) is 0.682. The zero-order valence-electron chi connectivity index (χ0n) is 18.4. The maximum atomic E-state index is 14.4. The standard InChI is InChI=1S/C22H35FN4OS.HI/c1-4-24-21(25-16-22(29-3)9-12-28-13-10-22)26-18-6-5-11-27(15-18)20-14-17(2)7-8-19(20)23;/h7-8,14,18H,4-6,9-13,15-16H2,1-3H3,(H2,24,25,26);1H. The Morgan fingerprint density at radius 3 is 2.83 bits per heavy atom. The highest BCUT2D eigenvalue weighted by Gasteiger charge is 2.32. The van der Waals surface area contributed by atoms with Crippen LogP contribution in [0.15, 0.2) is 23.2 Å². The van der Waals surface area contributed by atoms with Crippen molar-refractivity contribution >= 4 is 47.4 Å². The van der Waals surface area contributed by atoms with Crippen LogP contribution in [0.1, 0.15) is 38.2 Å². The molecule has 1 atom stereocenters. The lowest BCUT2D eigenvalue weighted by Crippen LogP contribution is -2.52. The third kappa shape index (κ3) is 6.88. The van der Waals surface area contributed by atoms with Gasteiger partial charge in [0, 0.05) is 43.6 Å². The minimum absolute atomic E-state index is 0. The number of piperidine rings is 1. The monoisotopic (exact) mass is 550 g/mol. The molecule has 0 radical (unpaired) electrons. The van der Waals surface area contributed by atoms with Crippen molar-refractivity contribution in [2.24, 2.45) is 4.99 Å². The molecule has 0 aliphatic carbocycles. The average Bonchev–Trinajstić information content (AvgIpc) is 2.75. The van der Waals surface area contributed by atoms with Crippen LogP contribution in [-0.4, -0.2) is 62.4 Å². The number of nitrogens with one attached hydrogen (secondary N) is 2. The summed E-state index contributed by atoms with van der Waals surface area (Å²) in [7, 11) is 0. The molecule has 2 aliphatic rings. The Bertz CT molecular complexity index is 700. The first-order valence-electron chi connectivity index (χ1n) is 10.7. The first kappa shape index (κ1) is 25.5. The van der Waals surface area contributed by atoms with Crippen molar-refractivity contribution in [1.29, 1.82) is 0 Å². The molecule has 5 nitrogen and oxygen atoms in total. The second kappa shape index (κ2) is 12.3. The van der Waals surface area contributed by atoms with E-state index < -0.39 is 0 Å². The molecule has 8 heteroatoms. The SMILES string of the molecule is CCNC(=NCC1(SC)CCOCC1)NC1CCCN(c2cc(C)ccc2F)C1.I. The van der Waals surface area contributed by atoms with E-state index in [4.69, 9.17) is 9.73 Å². The predicted octanol–water partition coefficient (Wildman–Crippen LogP) is 4.19. The predicted molar refractivity (Wildman–Crippen MR) is 137 cm³/mol. The number of rotatable bonds is 6. The molecular weight excluding hydrogens is 514 g/mol. The second-order valence-corrected chi connectivity index (χ2v) is 9.35. The molecule has 2 fully saturated rings. The fourth-order valence-corrected chi connectivity index (χ4v) is 4.85. The summed E-state index contributed by atoms with van der Waals surface area (Å²) in [5, 5.41) is 7.00. The summed E-state index contributed by atoms with van der Waals surface area (Å²) in [5.74, 6) is 0.724. The minimum Gasteiger partial charge on any atom is -0.381 e. The molecule has 1 unspecified atom stereocenters. The zero-order valence-corrected chi connectivity index (χ0v) is 21.5. The van der Waals surface area contributed by atoms with Crippen LogP contribution in [-0.2, 0) is 4.74 Å². The van der Waals surface area contributed by atoms with Gasteiger partial charge in [0.05, 0.1) is 12.2 Å². The van der Waals surface area contributed by atoms with Gasteiger partial charge in [-0.1, -0.05) is 6.07 Å². The van der Waals surface area contributed by atoms with Crippen molar-refractivity contribution in [2.45, 2.75) is 50.3 Å². The van der Waals surface area contributed by atoms with Gasteiger partial charge in [-0.3, -0.25) is 4.99 Å². The highest BCUT2D eigenvalue weighted by molar-refractivity contribution is 14.0. The number of halogens is 2. The molecule has 0 amide bonds. The normalized spacial score (nSPS) is 21.7. The van der Waals surface area contributed by atoms with Gasteiger partial charge < -0.3 is 20.3 Å². The van der Waals surface area contributed by atoms with E-state index >= 15 is 0 Å². The third-order valence-corrected chi connectivity index (χ3v) is 7.31. The second-order valence-electron chi connectivity index (χ2n) is 8.08. The molecule has 2 heterocycles. The topological polar surface area (TPSA) is 48.9 Å². The van der Waals surface area contributed by atoms with Gasteiger partial charge in [-0.05, 0) is 63.5 Å². The number of nitrogens with zero attached hydrogens (tertiary/aromatic N) is 2. The third-order valence-electron chi connectivity index (χ3n) is 5.91. The first-order valence-corrected chi connectivity index (χ1v) is 12.0. The van der Waals surface area contributed by atoms with Gasteiger partial charge in [0.1, 0.15) is 5.82 Å². The molecule has 0 aromatic heterocycles. The van der Waals surface area contributed by atoms with Crippen molar-refractivity contribution in [1.82, 2.24) is 10.6 Å². The molecule has 3 rings (SSSR count). The maximum Gasteiger partial charge on any atom is 0.191 e. The van der Waals surface area contributed by atoms with E-state index in [-0.39, 0.29) is 40.6 Å². The number of benzene rings is 1. The summed E-state index contributed by atoms with van der Waals surface area (Å²) in [6, 6.07) is 5.60. The Morgan fingerprint density at radius 2 is 2.13 bits per heavy atom. The molecular formula is C22H36FIN4OS. The summed E-state index contributed by atoms with van der Waals surface area (Å²) >= 11 is 1.91. The van der Waals surface area contributed by atoms with Crippen LogP contribution in [0.3, 0.4) is 0 Å². The number of thioether (sulfide) groups is 1. The number of hydrogen-bond acceptors (Lipinski definition) is 4. The van der Waals surface area contributed by atoms with Crippen LogP contribution >= 0.6 is 35.7 Å². The molecule has 2 aliphatic heterocycles. The molecule has 1 aromatic carbocycles. The minimum atomic E-state index is -0.141. The summed E-state index contributed by atoms with van der Waals surface area (Å²) in [6.45, 7) is 9.02. The number of guanidine groups is 1. The lowest BCUT2D eigenvalue weighted by atomic mass is 9.99. The average molecular weight is 551 g/mol. The molecule has 1 aromatic rings. The van der Waals surface area contributed by atoms with Gasteiger partial charge >= 0.3 is 0 Å². The first-order chi connectivity index (χ1) is 14.0. The van der Waals surface area contributed by atoms with Crippen molar-refractivity contribution < 1.29 is 9.13 Å². The molecule has 0 bridgehead atoms. The molecule has 0 saturated carbocycles. The van der Waals surface area contributed by atoms with E-state index in [1.165, 1.54) is 0 Å². The lowest BCUT2D eigenvalue weighted by Gasteiger charge is -2.36. The number of anilines is 1. The summed E-state index contributed by atoms with van der Waals surface area (Å²) < 4.78 is 20.1. The van der Waals surface area contributed by atoms with Gasteiger partial charge in [0.25, 0.3) is 0 Å². The van der Waals surface area contributed by atoms with E-state index in [2.05, 4.69) is 28.7 Å². The largest absolute Gasteiger partial charge is 0.381 e. The highest BCUT2D eigenvalue weighted by Crippen LogP contribution is 2.34. The molecule has 2 saturated heterocycles. The summed E-state index contributed by atoms with van der Waals surface area (Å²) in [5.41, 5.74) is 1.80. The molecule has 0 spiro atoms. The number of ether oxygens (including phenoxy) is 1. The van der Waals surface area contributed by atoms with Crippen molar-refractivity contribution in [2.75, 3.05) is 50.5 Å². The van der Waals surface area contributed by atoms with E-state index in [1.807, 2.05) is 30.8 Å². The van der Waals surface area contributed by atoms with E-state index in [0.717, 1.165) is 76.6 Å². The van der Waals surface area contributed by atoms with Crippen molar-refractivity contribution in [3.05, 3.63) is 29.6 Å². The zero-order chi connectivity index (χ0) is 20.7. The van der Waals surface area contributed by atoms with Gasteiger partial charge in [-0.2, -0.15) is 11.8 Å². The van der Waals surface area contributed by atoms with E-state index in [9.17, 15) is 4.39 Å². The Morgan fingerprint density at radius 1 is 1.37 bits per heavy atom. The van der Waals surface area contributed by atoms with Crippen LogP contribution in [0.5, 0.6) is 0 Å². The van der Waals surface area contributed by atoms with E-state index in [0.29, 0.717) is 5.69 Å². The molecule has 30 heavy (non-hydrogen) atoms. The van der Waals surface area contributed by atoms with Crippen molar-refractivity contribution in [3.63, 3.8) is 0 Å². The Labute approximate surface area is 202 Å². The van der Waals surface area contributed by atoms with Gasteiger partial charge in [0.2, 0.25) is 0 Å². The number of aliphatic imine (C=N–C) groups is 1. The van der Waals surface area contributed by atoms with Gasteiger partial charge in [-0.15, -0.1) is 24.0 Å². The van der Waals surface area contributed by atoms with Crippen LogP contribution in [0.2, 0.25) is 0 Å². The van der Waals surface area contributed by atoms with Gasteiger partial charge in [-0.25, -0.2) is 4.39 Å². The maximum absolute atomic E-state index is 14.4. The highest BCUT2D eigenvalue weighted by atomic mass is 127. The Balaban J connectivity index is 0.00000320. The fourth-order valence-electron chi connectivity index (χ4n) is 4.09.